The summed E-state index contributed by atoms with van der Waals surface area (Å²) in [6.45, 7) is 7.98. The number of hydrogen-bond acceptors (Lipinski definition) is 2. The molecule has 0 amide bonds. The summed E-state index contributed by atoms with van der Waals surface area (Å²) in [6.07, 6.45) is 0.570. The molecule has 0 saturated heterocycles. The number of rotatable bonds is 4. The minimum absolute atomic E-state index is 0.0463. The molecule has 0 aliphatic carbocycles. The standard InChI is InChI=1S/C15H19NO/c1-5-12(9-16)15(17)14-8-13(10(2)3)7-6-11(14)4/h6-8,10,12H,5H2,1-4H3. The van der Waals surface area contributed by atoms with E-state index >= 15 is 0 Å². The summed E-state index contributed by atoms with van der Waals surface area (Å²) in [5.41, 5.74) is 2.80. The van der Waals surface area contributed by atoms with Crippen molar-refractivity contribution < 1.29 is 4.79 Å². The number of benzene rings is 1. The highest BCUT2D eigenvalue weighted by atomic mass is 16.1. The third kappa shape index (κ3) is 2.94. The first-order valence-corrected chi connectivity index (χ1v) is 6.05. The van der Waals surface area contributed by atoms with Crippen molar-refractivity contribution in [2.75, 3.05) is 0 Å². The number of carbonyl (C=O) groups is 1. The fraction of sp³-hybridized carbons (Fsp3) is 0.467. The topological polar surface area (TPSA) is 40.9 Å². The van der Waals surface area contributed by atoms with E-state index in [1.807, 2.05) is 32.0 Å². The molecule has 1 atom stereocenters. The third-order valence-electron chi connectivity index (χ3n) is 3.07. The maximum atomic E-state index is 12.2. The molecule has 0 N–H and O–H groups in total. The molecule has 2 heteroatoms. The summed E-state index contributed by atoms with van der Waals surface area (Å²) in [4.78, 5) is 12.2. The van der Waals surface area contributed by atoms with Gasteiger partial charge in [-0.3, -0.25) is 4.79 Å². The van der Waals surface area contributed by atoms with Crippen LogP contribution in [0.15, 0.2) is 18.2 Å². The lowest BCUT2D eigenvalue weighted by Gasteiger charge is -2.12. The van der Waals surface area contributed by atoms with E-state index in [0.717, 1.165) is 11.1 Å². The lowest BCUT2D eigenvalue weighted by atomic mass is 9.90. The van der Waals surface area contributed by atoms with Crippen LogP contribution >= 0.6 is 0 Å². The van der Waals surface area contributed by atoms with Gasteiger partial charge in [0.15, 0.2) is 5.78 Å². The SMILES string of the molecule is CCC(C#N)C(=O)c1cc(C(C)C)ccc1C. The Labute approximate surface area is 103 Å². The van der Waals surface area contributed by atoms with Gasteiger partial charge in [-0.1, -0.05) is 32.9 Å². The first-order valence-electron chi connectivity index (χ1n) is 6.05. The van der Waals surface area contributed by atoms with E-state index in [1.165, 1.54) is 0 Å². The van der Waals surface area contributed by atoms with E-state index in [9.17, 15) is 4.79 Å². The monoisotopic (exact) mass is 229 g/mol. The summed E-state index contributed by atoms with van der Waals surface area (Å²) in [6, 6.07) is 8.02. The zero-order chi connectivity index (χ0) is 13.0. The molecule has 0 radical (unpaired) electrons. The van der Waals surface area contributed by atoms with Gasteiger partial charge in [0, 0.05) is 5.56 Å². The van der Waals surface area contributed by atoms with Crippen LogP contribution in [0.2, 0.25) is 0 Å². The number of hydrogen-bond donors (Lipinski definition) is 0. The van der Waals surface area contributed by atoms with Crippen molar-refractivity contribution in [3.63, 3.8) is 0 Å². The molecule has 1 rings (SSSR count). The second-order valence-corrected chi connectivity index (χ2v) is 4.68. The van der Waals surface area contributed by atoms with E-state index < -0.39 is 5.92 Å². The number of carbonyl (C=O) groups excluding carboxylic acids is 1. The summed E-state index contributed by atoms with van der Waals surface area (Å²) in [5, 5.41) is 8.96. The molecule has 90 valence electrons. The number of ketones is 1. The Balaban J connectivity index is 3.17. The fourth-order valence-electron chi connectivity index (χ4n) is 1.79. The van der Waals surface area contributed by atoms with Crippen LogP contribution in [-0.4, -0.2) is 5.78 Å². The quantitative estimate of drug-likeness (QED) is 0.736. The van der Waals surface area contributed by atoms with Gasteiger partial charge in [0.2, 0.25) is 0 Å². The molecule has 0 fully saturated rings. The van der Waals surface area contributed by atoms with Gasteiger partial charge < -0.3 is 0 Å². The minimum Gasteiger partial charge on any atom is -0.293 e. The Morgan fingerprint density at radius 2 is 2.06 bits per heavy atom. The highest BCUT2D eigenvalue weighted by Crippen LogP contribution is 2.21. The maximum absolute atomic E-state index is 12.2. The van der Waals surface area contributed by atoms with Crippen LogP contribution in [0.25, 0.3) is 0 Å². The fourth-order valence-corrected chi connectivity index (χ4v) is 1.79. The summed E-state index contributed by atoms with van der Waals surface area (Å²) in [5.74, 6) is -0.171. The van der Waals surface area contributed by atoms with Crippen LogP contribution < -0.4 is 0 Å². The van der Waals surface area contributed by atoms with Gasteiger partial charge >= 0.3 is 0 Å². The van der Waals surface area contributed by atoms with Gasteiger partial charge in [-0.2, -0.15) is 5.26 Å². The molecule has 1 aromatic carbocycles. The second-order valence-electron chi connectivity index (χ2n) is 4.68. The molecule has 0 heterocycles. The van der Waals surface area contributed by atoms with Crippen molar-refractivity contribution in [3.05, 3.63) is 34.9 Å². The number of aryl methyl sites for hydroxylation is 1. The Kier molecular flexibility index (Phi) is 4.45. The minimum atomic E-state index is -0.517. The predicted octanol–water partition coefficient (Wildman–Crippen LogP) is 3.85. The van der Waals surface area contributed by atoms with Crippen molar-refractivity contribution in [1.82, 2.24) is 0 Å². The number of Topliss-reactive ketones (excluding diaryl/α,β-unsaturated/α-hetero) is 1. The smallest absolute Gasteiger partial charge is 0.180 e. The molecule has 0 aromatic heterocycles. The highest BCUT2D eigenvalue weighted by molar-refractivity contribution is 6.00. The second kappa shape index (κ2) is 5.63. The molecular weight excluding hydrogens is 210 g/mol. The molecular formula is C15H19NO. The van der Waals surface area contributed by atoms with Crippen LogP contribution in [0.1, 0.15) is 54.6 Å². The normalized spacial score (nSPS) is 12.2. The van der Waals surface area contributed by atoms with E-state index in [2.05, 4.69) is 19.9 Å². The Morgan fingerprint density at radius 1 is 1.41 bits per heavy atom. The summed E-state index contributed by atoms with van der Waals surface area (Å²) in [7, 11) is 0. The zero-order valence-electron chi connectivity index (χ0n) is 10.9. The van der Waals surface area contributed by atoms with Crippen molar-refractivity contribution in [1.29, 1.82) is 5.26 Å². The van der Waals surface area contributed by atoms with Crippen molar-refractivity contribution in [2.45, 2.75) is 40.0 Å². The van der Waals surface area contributed by atoms with E-state index in [4.69, 9.17) is 5.26 Å². The van der Waals surface area contributed by atoms with Gasteiger partial charge in [-0.15, -0.1) is 0 Å². The van der Waals surface area contributed by atoms with Crippen molar-refractivity contribution >= 4 is 5.78 Å². The Hall–Kier alpha value is -1.62. The average molecular weight is 229 g/mol. The third-order valence-corrected chi connectivity index (χ3v) is 3.07. The molecule has 17 heavy (non-hydrogen) atoms. The number of nitrogens with zero attached hydrogens (tertiary/aromatic N) is 1. The molecule has 1 unspecified atom stereocenters. The predicted molar refractivity (Wildman–Crippen MR) is 69.0 cm³/mol. The van der Waals surface area contributed by atoms with E-state index in [1.54, 1.807) is 0 Å². The van der Waals surface area contributed by atoms with Crippen LogP contribution in [0.5, 0.6) is 0 Å². The Morgan fingerprint density at radius 3 is 2.53 bits per heavy atom. The maximum Gasteiger partial charge on any atom is 0.180 e. The average Bonchev–Trinajstić information content (AvgIpc) is 2.30. The van der Waals surface area contributed by atoms with Crippen molar-refractivity contribution in [2.24, 2.45) is 5.92 Å². The van der Waals surface area contributed by atoms with Gasteiger partial charge in [0.05, 0.1) is 6.07 Å². The largest absolute Gasteiger partial charge is 0.293 e. The first-order chi connectivity index (χ1) is 8.01. The summed E-state index contributed by atoms with van der Waals surface area (Å²) < 4.78 is 0. The van der Waals surface area contributed by atoms with Gasteiger partial charge in [-0.05, 0) is 36.5 Å². The van der Waals surface area contributed by atoms with Crippen LogP contribution in [0.3, 0.4) is 0 Å². The first kappa shape index (κ1) is 13.4. The molecule has 0 saturated carbocycles. The highest BCUT2D eigenvalue weighted by Gasteiger charge is 2.19. The zero-order valence-corrected chi connectivity index (χ0v) is 10.9. The Bertz CT molecular complexity index is 454. The molecule has 2 nitrogen and oxygen atoms in total. The van der Waals surface area contributed by atoms with Gasteiger partial charge in [0.1, 0.15) is 5.92 Å². The summed E-state index contributed by atoms with van der Waals surface area (Å²) >= 11 is 0. The van der Waals surface area contributed by atoms with E-state index in [-0.39, 0.29) is 5.78 Å². The van der Waals surface area contributed by atoms with Crippen LogP contribution in [-0.2, 0) is 0 Å². The molecule has 0 aliphatic rings. The van der Waals surface area contributed by atoms with E-state index in [0.29, 0.717) is 17.9 Å². The molecule has 1 aromatic rings. The van der Waals surface area contributed by atoms with Gasteiger partial charge in [0.25, 0.3) is 0 Å². The lowest BCUT2D eigenvalue weighted by Crippen LogP contribution is -2.13. The molecule has 0 aliphatic heterocycles. The van der Waals surface area contributed by atoms with Crippen molar-refractivity contribution in [3.8, 4) is 6.07 Å². The van der Waals surface area contributed by atoms with Gasteiger partial charge in [-0.25, -0.2) is 0 Å². The molecule has 0 spiro atoms. The number of nitriles is 1. The lowest BCUT2D eigenvalue weighted by molar-refractivity contribution is 0.0946. The van der Waals surface area contributed by atoms with Crippen LogP contribution in [0.4, 0.5) is 0 Å². The van der Waals surface area contributed by atoms with Crippen LogP contribution in [0, 0.1) is 24.2 Å². The molecule has 0 bridgehead atoms.